The van der Waals surface area contributed by atoms with Gasteiger partial charge in [0.05, 0.1) is 5.41 Å². The molecule has 0 bridgehead atoms. The van der Waals surface area contributed by atoms with Crippen molar-refractivity contribution in [3.8, 4) is 0 Å². The second-order valence-corrected chi connectivity index (χ2v) is 5.61. The predicted molar refractivity (Wildman–Crippen MR) is 77.5 cm³/mol. The summed E-state index contributed by atoms with van der Waals surface area (Å²) in [7, 11) is 0. The van der Waals surface area contributed by atoms with Crippen molar-refractivity contribution in [1.29, 1.82) is 0 Å². The molecule has 1 nitrogen and oxygen atoms in total. The van der Waals surface area contributed by atoms with Crippen molar-refractivity contribution in [2.45, 2.75) is 24.7 Å². The van der Waals surface area contributed by atoms with Crippen molar-refractivity contribution in [1.82, 2.24) is 0 Å². The quantitative estimate of drug-likeness (QED) is 0.814. The van der Waals surface area contributed by atoms with E-state index in [1.54, 1.807) is 0 Å². The van der Waals surface area contributed by atoms with Gasteiger partial charge in [-0.1, -0.05) is 54.1 Å². The fourth-order valence-electron chi connectivity index (χ4n) is 2.61. The molecular weight excluding hydrogens is 256 g/mol. The molecule has 0 radical (unpaired) electrons. The standard InChI is InChI=1S/C17H15ClO/c18-15-8-4-5-13(11-15)12-16(19)17(9-10-17)14-6-2-1-3-7-14/h1-8,11H,9-10,12H2. The first-order valence-electron chi connectivity index (χ1n) is 6.54. The SMILES string of the molecule is O=C(Cc1cccc(Cl)c1)C1(c2ccccc2)CC1. The van der Waals surface area contributed by atoms with Crippen molar-refractivity contribution < 1.29 is 4.79 Å². The zero-order chi connectivity index (χ0) is 13.3. The van der Waals surface area contributed by atoms with Crippen LogP contribution in [0.5, 0.6) is 0 Å². The third kappa shape index (κ3) is 2.43. The Morgan fingerprint density at radius 3 is 2.42 bits per heavy atom. The summed E-state index contributed by atoms with van der Waals surface area (Å²) in [5, 5.41) is 0.690. The number of rotatable bonds is 4. The molecule has 96 valence electrons. The lowest BCUT2D eigenvalue weighted by atomic mass is 9.88. The van der Waals surface area contributed by atoms with E-state index in [2.05, 4.69) is 12.1 Å². The number of carbonyl (C=O) groups excluding carboxylic acids is 1. The Morgan fingerprint density at radius 2 is 1.79 bits per heavy atom. The lowest BCUT2D eigenvalue weighted by Crippen LogP contribution is -2.22. The molecule has 0 spiro atoms. The number of halogens is 1. The minimum atomic E-state index is -0.233. The summed E-state index contributed by atoms with van der Waals surface area (Å²) < 4.78 is 0. The van der Waals surface area contributed by atoms with Gasteiger partial charge in [0.2, 0.25) is 0 Å². The molecule has 0 heterocycles. The Bertz CT molecular complexity index is 600. The molecule has 19 heavy (non-hydrogen) atoms. The van der Waals surface area contributed by atoms with Crippen molar-refractivity contribution in [3.63, 3.8) is 0 Å². The average molecular weight is 271 g/mol. The van der Waals surface area contributed by atoms with E-state index in [0.717, 1.165) is 24.0 Å². The molecule has 3 rings (SSSR count). The lowest BCUT2D eigenvalue weighted by Gasteiger charge is -2.14. The van der Waals surface area contributed by atoms with Crippen LogP contribution >= 0.6 is 11.6 Å². The van der Waals surface area contributed by atoms with Gasteiger partial charge in [-0.25, -0.2) is 0 Å². The van der Waals surface area contributed by atoms with Crippen LogP contribution in [-0.2, 0) is 16.6 Å². The fraction of sp³-hybridized carbons (Fsp3) is 0.235. The molecule has 1 fully saturated rings. The summed E-state index contributed by atoms with van der Waals surface area (Å²) in [5.74, 6) is 0.306. The summed E-state index contributed by atoms with van der Waals surface area (Å²) >= 11 is 5.96. The highest BCUT2D eigenvalue weighted by Gasteiger charge is 2.50. The molecule has 0 amide bonds. The highest BCUT2D eigenvalue weighted by Crippen LogP contribution is 2.49. The normalized spacial score (nSPS) is 16.1. The predicted octanol–water partition coefficient (Wildman–Crippen LogP) is 4.18. The van der Waals surface area contributed by atoms with E-state index >= 15 is 0 Å². The first-order valence-corrected chi connectivity index (χ1v) is 6.92. The van der Waals surface area contributed by atoms with Crippen LogP contribution in [-0.4, -0.2) is 5.78 Å². The maximum Gasteiger partial charge on any atom is 0.147 e. The van der Waals surface area contributed by atoms with Gasteiger partial charge >= 0.3 is 0 Å². The summed E-state index contributed by atoms with van der Waals surface area (Å²) in [6, 6.07) is 17.7. The zero-order valence-corrected chi connectivity index (χ0v) is 11.4. The largest absolute Gasteiger partial charge is 0.298 e. The van der Waals surface area contributed by atoms with Crippen molar-refractivity contribution in [2.24, 2.45) is 0 Å². The smallest absolute Gasteiger partial charge is 0.147 e. The van der Waals surface area contributed by atoms with Gasteiger partial charge in [0.1, 0.15) is 5.78 Å². The van der Waals surface area contributed by atoms with Crippen molar-refractivity contribution >= 4 is 17.4 Å². The summed E-state index contributed by atoms with van der Waals surface area (Å²) in [4.78, 5) is 12.6. The van der Waals surface area contributed by atoms with E-state index in [4.69, 9.17) is 11.6 Å². The van der Waals surface area contributed by atoms with E-state index in [0.29, 0.717) is 17.2 Å². The maximum atomic E-state index is 12.6. The first kappa shape index (κ1) is 12.4. The number of hydrogen-bond donors (Lipinski definition) is 0. The van der Waals surface area contributed by atoms with Crippen LogP contribution in [0.15, 0.2) is 54.6 Å². The molecule has 1 saturated carbocycles. The van der Waals surface area contributed by atoms with Crippen LogP contribution < -0.4 is 0 Å². The Balaban J connectivity index is 1.82. The molecule has 0 atom stereocenters. The average Bonchev–Trinajstić information content (AvgIpc) is 3.21. The number of ketones is 1. The monoisotopic (exact) mass is 270 g/mol. The van der Waals surface area contributed by atoms with E-state index in [9.17, 15) is 4.79 Å². The van der Waals surface area contributed by atoms with E-state index in [-0.39, 0.29) is 5.41 Å². The molecule has 0 aromatic heterocycles. The van der Waals surface area contributed by atoms with E-state index in [1.165, 1.54) is 0 Å². The topological polar surface area (TPSA) is 17.1 Å². The van der Waals surface area contributed by atoms with Gasteiger partial charge in [0, 0.05) is 11.4 Å². The molecule has 0 N–H and O–H groups in total. The van der Waals surface area contributed by atoms with Gasteiger partial charge in [-0.05, 0) is 36.1 Å². The molecule has 1 aliphatic carbocycles. The fourth-order valence-corrected chi connectivity index (χ4v) is 2.83. The van der Waals surface area contributed by atoms with Gasteiger partial charge in [-0.15, -0.1) is 0 Å². The summed E-state index contributed by atoms with van der Waals surface area (Å²) in [6.07, 6.45) is 2.41. The number of Topliss-reactive ketones (excluding diaryl/α,β-unsaturated/α-hetero) is 1. The highest BCUT2D eigenvalue weighted by atomic mass is 35.5. The number of carbonyl (C=O) groups is 1. The highest BCUT2D eigenvalue weighted by molar-refractivity contribution is 6.30. The van der Waals surface area contributed by atoms with Crippen molar-refractivity contribution in [2.75, 3.05) is 0 Å². The molecule has 2 aromatic carbocycles. The minimum absolute atomic E-state index is 0.233. The van der Waals surface area contributed by atoms with Gasteiger partial charge in [0.25, 0.3) is 0 Å². The van der Waals surface area contributed by atoms with Gasteiger partial charge in [-0.3, -0.25) is 4.79 Å². The summed E-state index contributed by atoms with van der Waals surface area (Å²) in [5.41, 5.74) is 1.92. The third-order valence-electron chi connectivity index (χ3n) is 3.86. The Morgan fingerprint density at radius 1 is 1.05 bits per heavy atom. The van der Waals surface area contributed by atoms with E-state index in [1.807, 2.05) is 42.5 Å². The van der Waals surface area contributed by atoms with Crippen LogP contribution in [0.2, 0.25) is 5.02 Å². The Kier molecular flexibility index (Phi) is 3.16. The molecule has 0 aliphatic heterocycles. The molecule has 0 unspecified atom stereocenters. The van der Waals surface area contributed by atoms with Crippen molar-refractivity contribution in [3.05, 3.63) is 70.7 Å². The van der Waals surface area contributed by atoms with Crippen LogP contribution in [0.25, 0.3) is 0 Å². The number of benzene rings is 2. The molecule has 1 aliphatic rings. The van der Waals surface area contributed by atoms with E-state index < -0.39 is 0 Å². The first-order chi connectivity index (χ1) is 9.21. The second kappa shape index (κ2) is 4.82. The maximum absolute atomic E-state index is 12.6. The lowest BCUT2D eigenvalue weighted by molar-refractivity contribution is -0.120. The number of hydrogen-bond acceptors (Lipinski definition) is 1. The summed E-state index contributed by atoms with van der Waals surface area (Å²) in [6.45, 7) is 0. The van der Waals surface area contributed by atoms with Gasteiger partial charge in [-0.2, -0.15) is 0 Å². The molecule has 0 saturated heterocycles. The second-order valence-electron chi connectivity index (χ2n) is 5.18. The third-order valence-corrected chi connectivity index (χ3v) is 4.10. The van der Waals surface area contributed by atoms with Crippen LogP contribution in [0, 0.1) is 0 Å². The molecule has 2 heteroatoms. The van der Waals surface area contributed by atoms with Gasteiger partial charge < -0.3 is 0 Å². The van der Waals surface area contributed by atoms with Crippen LogP contribution in [0.3, 0.4) is 0 Å². The van der Waals surface area contributed by atoms with Crippen LogP contribution in [0.4, 0.5) is 0 Å². The van der Waals surface area contributed by atoms with Gasteiger partial charge in [0.15, 0.2) is 0 Å². The Hall–Kier alpha value is -1.60. The minimum Gasteiger partial charge on any atom is -0.298 e. The zero-order valence-electron chi connectivity index (χ0n) is 10.6. The molecular formula is C17H15ClO. The van der Waals surface area contributed by atoms with Crippen LogP contribution in [0.1, 0.15) is 24.0 Å². The molecule has 2 aromatic rings. The Labute approximate surface area is 118 Å².